The number of nitrogen functional groups attached to an aromatic ring is 1. The number of aromatic nitrogens is 2. The zero-order valence-corrected chi connectivity index (χ0v) is 22.7. The third-order valence-corrected chi connectivity index (χ3v) is 6.76. The number of hydrogen-bond acceptors (Lipinski definition) is 7. The summed E-state index contributed by atoms with van der Waals surface area (Å²) >= 11 is 5.55. The minimum atomic E-state index is -4.55. The van der Waals surface area contributed by atoms with Crippen LogP contribution >= 0.6 is 12.2 Å². The Morgan fingerprint density at radius 1 is 1.10 bits per heavy atom. The maximum absolute atomic E-state index is 13.5. The van der Waals surface area contributed by atoms with Gasteiger partial charge in [-0.15, -0.1) is 0 Å². The molecule has 2 aromatic carbocycles. The molecule has 0 fully saturated rings. The first kappa shape index (κ1) is 28.2. The number of nitrogens with zero attached hydrogens (tertiary/aromatic N) is 4. The Labute approximate surface area is 230 Å². The van der Waals surface area contributed by atoms with E-state index < -0.39 is 17.6 Å². The summed E-state index contributed by atoms with van der Waals surface area (Å²) in [4.78, 5) is 25.7. The smallest absolute Gasteiger partial charge is 0.373 e. The predicted molar refractivity (Wildman–Crippen MR) is 154 cm³/mol. The maximum Gasteiger partial charge on any atom is 0.416 e. The van der Waals surface area contributed by atoms with E-state index in [1.165, 1.54) is 6.07 Å². The van der Waals surface area contributed by atoms with Crippen LogP contribution in [0.25, 0.3) is 16.5 Å². The van der Waals surface area contributed by atoms with E-state index in [2.05, 4.69) is 15.3 Å². The molecule has 1 aromatic heterocycles. The van der Waals surface area contributed by atoms with Gasteiger partial charge in [-0.1, -0.05) is 24.4 Å². The highest BCUT2D eigenvalue weighted by atomic mass is 32.1. The number of nitrogens with one attached hydrogen (secondary N) is 1. The number of amides is 1. The molecule has 0 unspecified atom stereocenters. The summed E-state index contributed by atoms with van der Waals surface area (Å²) in [7, 11) is 5.70. The van der Waals surface area contributed by atoms with Crippen LogP contribution in [0.15, 0.2) is 60.3 Å². The van der Waals surface area contributed by atoms with Crippen molar-refractivity contribution in [3.8, 4) is 0 Å². The van der Waals surface area contributed by atoms with Gasteiger partial charge < -0.3 is 20.9 Å². The quantitative estimate of drug-likeness (QED) is 0.364. The molecule has 1 aliphatic carbocycles. The van der Waals surface area contributed by atoms with E-state index in [9.17, 15) is 18.0 Å². The van der Waals surface area contributed by atoms with Gasteiger partial charge in [-0.05, 0) is 74.6 Å². The minimum absolute atomic E-state index is 0.0782. The van der Waals surface area contributed by atoms with Gasteiger partial charge >= 0.3 is 6.18 Å². The zero-order valence-electron chi connectivity index (χ0n) is 21.8. The van der Waals surface area contributed by atoms with Crippen LogP contribution < -0.4 is 16.0 Å². The van der Waals surface area contributed by atoms with Gasteiger partial charge in [0.2, 0.25) is 5.95 Å². The summed E-state index contributed by atoms with van der Waals surface area (Å²) in [6.07, 6.45) is 1.63. The third kappa shape index (κ3) is 6.79. The molecule has 0 radical (unpaired) electrons. The Kier molecular flexibility index (Phi) is 8.31. The van der Waals surface area contributed by atoms with E-state index in [1.54, 1.807) is 25.4 Å². The molecule has 39 heavy (non-hydrogen) atoms. The van der Waals surface area contributed by atoms with Crippen molar-refractivity contribution in [1.29, 1.82) is 0 Å². The molecule has 0 bridgehead atoms. The second kappa shape index (κ2) is 11.5. The number of thiocarbonyl (C=S) groups is 1. The van der Waals surface area contributed by atoms with Gasteiger partial charge in [0.25, 0.3) is 5.91 Å². The highest BCUT2D eigenvalue weighted by Crippen LogP contribution is 2.36. The molecule has 4 rings (SSSR count). The highest BCUT2D eigenvalue weighted by molar-refractivity contribution is 7.81. The molecule has 3 N–H and O–H groups in total. The second-order valence-electron chi connectivity index (χ2n) is 9.64. The Hall–Kier alpha value is -3.83. The Morgan fingerprint density at radius 3 is 2.56 bits per heavy atom. The van der Waals surface area contributed by atoms with Crippen molar-refractivity contribution in [1.82, 2.24) is 14.9 Å². The molecule has 1 amide bonds. The second-order valence-corrected chi connectivity index (χ2v) is 10.1. The number of alkyl halides is 3. The van der Waals surface area contributed by atoms with Crippen molar-refractivity contribution in [2.45, 2.75) is 19.0 Å². The molecular formula is C28H29F3N6OS. The van der Waals surface area contributed by atoms with Crippen LogP contribution in [-0.2, 0) is 11.0 Å². The highest BCUT2D eigenvalue weighted by Gasteiger charge is 2.32. The standard InChI is InChI=1S/C28H29F3N6OS/c1-36(2)11-4-12-37(3)24-10-7-20(28(29,30)31)15-23(24)34-26(38)21-8-5-18(14-25(21)39)17-6-9-22-19(13-17)16-33-27(32)35-22/h5-10,13,15-16H,4,11-12,14H2,1-3H3,(H,34,38)(H2,32,33,35). The van der Waals surface area contributed by atoms with Crippen LogP contribution in [0.2, 0.25) is 0 Å². The number of anilines is 3. The van der Waals surface area contributed by atoms with Crippen LogP contribution in [0.4, 0.5) is 30.5 Å². The Balaban J connectivity index is 1.58. The monoisotopic (exact) mass is 554 g/mol. The van der Waals surface area contributed by atoms with Crippen molar-refractivity contribution in [2.24, 2.45) is 0 Å². The van der Waals surface area contributed by atoms with Gasteiger partial charge in [-0.2, -0.15) is 13.2 Å². The van der Waals surface area contributed by atoms with Gasteiger partial charge in [0.05, 0.1) is 28.0 Å². The van der Waals surface area contributed by atoms with E-state index in [1.807, 2.05) is 42.1 Å². The molecule has 0 atom stereocenters. The van der Waals surface area contributed by atoms with E-state index in [0.717, 1.165) is 41.6 Å². The summed E-state index contributed by atoms with van der Waals surface area (Å²) in [6, 6.07) is 9.02. The lowest BCUT2D eigenvalue weighted by Gasteiger charge is -2.25. The van der Waals surface area contributed by atoms with Crippen LogP contribution in [0.5, 0.6) is 0 Å². The number of rotatable bonds is 8. The molecule has 11 heteroatoms. The van der Waals surface area contributed by atoms with Crippen LogP contribution in [0.1, 0.15) is 24.0 Å². The largest absolute Gasteiger partial charge is 0.416 e. The lowest BCUT2D eigenvalue weighted by molar-refractivity contribution is -0.137. The van der Waals surface area contributed by atoms with E-state index in [-0.39, 0.29) is 17.2 Å². The third-order valence-electron chi connectivity index (χ3n) is 6.40. The maximum atomic E-state index is 13.5. The average molecular weight is 555 g/mol. The van der Waals surface area contributed by atoms with Crippen molar-refractivity contribution in [2.75, 3.05) is 50.2 Å². The zero-order chi connectivity index (χ0) is 28.3. The predicted octanol–water partition coefficient (Wildman–Crippen LogP) is 5.34. The summed E-state index contributed by atoms with van der Waals surface area (Å²) in [5.41, 5.74) is 8.13. The van der Waals surface area contributed by atoms with Crippen LogP contribution in [0.3, 0.4) is 0 Å². The first-order chi connectivity index (χ1) is 18.4. The molecule has 0 saturated heterocycles. The lowest BCUT2D eigenvalue weighted by Crippen LogP contribution is -2.26. The molecule has 3 aromatic rings. The normalized spacial score (nSPS) is 13.9. The number of halogens is 3. The number of carbonyl (C=O) groups excluding carboxylic acids is 1. The van der Waals surface area contributed by atoms with Gasteiger partial charge in [0, 0.05) is 36.5 Å². The molecule has 204 valence electrons. The minimum Gasteiger partial charge on any atom is -0.373 e. The van der Waals surface area contributed by atoms with Crippen LogP contribution in [0, 0.1) is 0 Å². The topological polar surface area (TPSA) is 87.4 Å². The lowest BCUT2D eigenvalue weighted by atomic mass is 9.92. The molecule has 1 aliphatic rings. The summed E-state index contributed by atoms with van der Waals surface area (Å²) in [5, 5.41) is 3.50. The number of allylic oxidation sites excluding steroid dienone is 3. The Morgan fingerprint density at radius 2 is 1.87 bits per heavy atom. The first-order valence-electron chi connectivity index (χ1n) is 12.3. The van der Waals surface area contributed by atoms with Crippen molar-refractivity contribution >= 4 is 56.8 Å². The fraction of sp³-hybridized carbons (Fsp3) is 0.286. The number of hydrogen-bond donors (Lipinski definition) is 2. The van der Waals surface area contributed by atoms with Gasteiger partial charge in [-0.3, -0.25) is 4.79 Å². The fourth-order valence-corrected chi connectivity index (χ4v) is 4.65. The van der Waals surface area contributed by atoms with Crippen molar-refractivity contribution < 1.29 is 18.0 Å². The molecule has 0 saturated carbocycles. The number of nitrogens with two attached hydrogens (primary N) is 1. The van der Waals surface area contributed by atoms with Crippen LogP contribution in [-0.4, -0.2) is 59.9 Å². The van der Waals surface area contributed by atoms with Gasteiger partial charge in [0.1, 0.15) is 0 Å². The summed E-state index contributed by atoms with van der Waals surface area (Å²) in [5.74, 6) is -0.365. The average Bonchev–Trinajstić information content (AvgIpc) is 2.87. The molecular weight excluding hydrogens is 525 g/mol. The first-order valence-corrected chi connectivity index (χ1v) is 12.7. The molecule has 1 heterocycles. The fourth-order valence-electron chi connectivity index (χ4n) is 4.33. The number of benzene rings is 2. The summed E-state index contributed by atoms with van der Waals surface area (Å²) < 4.78 is 40.4. The number of fused-ring (bicyclic) bond motifs is 1. The Bertz CT molecular complexity index is 1480. The van der Waals surface area contributed by atoms with Crippen molar-refractivity contribution in [3.63, 3.8) is 0 Å². The van der Waals surface area contributed by atoms with Gasteiger partial charge in [0.15, 0.2) is 0 Å². The number of carbonyl (C=O) groups is 1. The molecule has 0 aliphatic heterocycles. The van der Waals surface area contributed by atoms with E-state index in [0.29, 0.717) is 29.0 Å². The van der Waals surface area contributed by atoms with E-state index in [4.69, 9.17) is 18.0 Å². The molecule has 0 spiro atoms. The SMILES string of the molecule is CN(C)CCCN(C)c1ccc(C(F)(F)F)cc1NC(=O)C1=CC=C(c2ccc3nc(N)ncc3c2)CC1=S. The van der Waals surface area contributed by atoms with Gasteiger partial charge in [-0.25, -0.2) is 9.97 Å². The summed E-state index contributed by atoms with van der Waals surface area (Å²) in [6.45, 7) is 1.42. The van der Waals surface area contributed by atoms with Crippen molar-refractivity contribution in [3.05, 3.63) is 71.4 Å². The molecule has 7 nitrogen and oxygen atoms in total. The van der Waals surface area contributed by atoms with E-state index >= 15 is 0 Å².